The number of furan rings is 1. The van der Waals surface area contributed by atoms with Crippen molar-refractivity contribution in [2.24, 2.45) is 0 Å². The molecule has 0 amide bonds. The van der Waals surface area contributed by atoms with E-state index in [0.29, 0.717) is 22.3 Å². The molecule has 0 unspecified atom stereocenters. The summed E-state index contributed by atoms with van der Waals surface area (Å²) in [6.45, 7) is 1.17. The van der Waals surface area contributed by atoms with Gasteiger partial charge in [-0.05, 0) is 31.2 Å². The smallest absolute Gasteiger partial charge is 0.416 e. The summed E-state index contributed by atoms with van der Waals surface area (Å²) in [6.07, 6.45) is -4.52. The van der Waals surface area contributed by atoms with Gasteiger partial charge in [0.25, 0.3) is 0 Å². The largest absolute Gasteiger partial charge is 0.497 e. The maximum atomic E-state index is 13.0. The molecular formula is C19H15F3O4. The Labute approximate surface area is 147 Å². The number of hydrogen-bond donors (Lipinski definition) is 0. The molecule has 0 atom stereocenters. The second kappa shape index (κ2) is 6.74. The molecule has 0 aliphatic rings. The SMILES string of the molecule is COc1ccc2oc(C(=O)OCc3ccccc3C(F)(F)F)c(C)c2c1. The molecule has 0 fully saturated rings. The second-order valence-electron chi connectivity index (χ2n) is 5.65. The van der Waals surface area contributed by atoms with Crippen LogP contribution in [0.1, 0.15) is 27.2 Å². The lowest BCUT2D eigenvalue weighted by molar-refractivity contribution is -0.138. The van der Waals surface area contributed by atoms with Gasteiger partial charge in [-0.25, -0.2) is 4.79 Å². The van der Waals surface area contributed by atoms with Gasteiger partial charge < -0.3 is 13.9 Å². The Bertz CT molecular complexity index is 957. The van der Waals surface area contributed by atoms with E-state index >= 15 is 0 Å². The van der Waals surface area contributed by atoms with Crippen LogP contribution in [0.3, 0.4) is 0 Å². The van der Waals surface area contributed by atoms with Crippen LogP contribution in [0.15, 0.2) is 46.9 Å². The van der Waals surface area contributed by atoms with E-state index in [1.165, 1.54) is 25.3 Å². The van der Waals surface area contributed by atoms with E-state index in [1.54, 1.807) is 25.1 Å². The highest BCUT2D eigenvalue weighted by Crippen LogP contribution is 2.33. The Morgan fingerprint density at radius 1 is 1.15 bits per heavy atom. The van der Waals surface area contributed by atoms with Crippen LogP contribution >= 0.6 is 0 Å². The molecule has 26 heavy (non-hydrogen) atoms. The number of rotatable bonds is 4. The van der Waals surface area contributed by atoms with Crippen LogP contribution in [0.2, 0.25) is 0 Å². The first kappa shape index (κ1) is 17.8. The van der Waals surface area contributed by atoms with Crippen LogP contribution in [-0.2, 0) is 17.5 Å². The van der Waals surface area contributed by atoms with Crippen molar-refractivity contribution < 1.29 is 31.9 Å². The highest BCUT2D eigenvalue weighted by molar-refractivity contribution is 5.96. The molecule has 1 aromatic heterocycles. The van der Waals surface area contributed by atoms with Gasteiger partial charge in [-0.1, -0.05) is 18.2 Å². The third-order valence-corrected chi connectivity index (χ3v) is 4.01. The normalized spacial score (nSPS) is 11.6. The average Bonchev–Trinajstić information content (AvgIpc) is 2.95. The van der Waals surface area contributed by atoms with E-state index in [2.05, 4.69) is 0 Å². The third-order valence-electron chi connectivity index (χ3n) is 4.01. The molecule has 0 spiro atoms. The standard InChI is InChI=1S/C19H15F3O4/c1-11-14-9-13(24-2)7-8-16(14)26-17(11)18(23)25-10-12-5-3-4-6-15(12)19(20,21)22/h3-9H,10H2,1-2H3. The van der Waals surface area contributed by atoms with Crippen LogP contribution in [0.4, 0.5) is 13.2 Å². The Morgan fingerprint density at radius 3 is 2.58 bits per heavy atom. The quantitative estimate of drug-likeness (QED) is 0.603. The fourth-order valence-electron chi connectivity index (χ4n) is 2.65. The van der Waals surface area contributed by atoms with Gasteiger partial charge in [0, 0.05) is 16.5 Å². The summed E-state index contributed by atoms with van der Waals surface area (Å²) in [4.78, 5) is 12.3. The minimum absolute atomic E-state index is 0.0438. The summed E-state index contributed by atoms with van der Waals surface area (Å²) in [5.74, 6) is -0.271. The van der Waals surface area contributed by atoms with Gasteiger partial charge in [0.15, 0.2) is 0 Å². The molecule has 0 saturated carbocycles. The molecule has 0 aliphatic heterocycles. The molecule has 7 heteroatoms. The van der Waals surface area contributed by atoms with Crippen molar-refractivity contribution >= 4 is 16.9 Å². The number of carbonyl (C=O) groups is 1. The number of fused-ring (bicyclic) bond motifs is 1. The lowest BCUT2D eigenvalue weighted by atomic mass is 10.1. The van der Waals surface area contributed by atoms with E-state index in [-0.39, 0.29) is 11.3 Å². The molecular weight excluding hydrogens is 349 g/mol. The van der Waals surface area contributed by atoms with Crippen LogP contribution in [0.5, 0.6) is 5.75 Å². The predicted octanol–water partition coefficient (Wildman–Crippen LogP) is 5.13. The number of alkyl halides is 3. The van der Waals surface area contributed by atoms with Crippen molar-refractivity contribution in [3.8, 4) is 5.75 Å². The van der Waals surface area contributed by atoms with Gasteiger partial charge in [-0.3, -0.25) is 0 Å². The van der Waals surface area contributed by atoms with Crippen molar-refractivity contribution in [1.29, 1.82) is 0 Å². The number of ether oxygens (including phenoxy) is 2. The summed E-state index contributed by atoms with van der Waals surface area (Å²) in [6, 6.07) is 10.00. The van der Waals surface area contributed by atoms with Crippen LogP contribution in [-0.4, -0.2) is 13.1 Å². The zero-order valence-electron chi connectivity index (χ0n) is 14.0. The molecule has 1 heterocycles. The first-order chi connectivity index (χ1) is 12.3. The molecule has 0 bridgehead atoms. The van der Waals surface area contributed by atoms with Crippen LogP contribution in [0.25, 0.3) is 11.0 Å². The second-order valence-corrected chi connectivity index (χ2v) is 5.65. The maximum Gasteiger partial charge on any atom is 0.416 e. The predicted molar refractivity (Wildman–Crippen MR) is 88.1 cm³/mol. The van der Waals surface area contributed by atoms with E-state index in [1.807, 2.05) is 0 Å². The van der Waals surface area contributed by atoms with E-state index in [4.69, 9.17) is 13.9 Å². The molecule has 0 aliphatic carbocycles. The van der Waals surface area contributed by atoms with E-state index in [0.717, 1.165) is 6.07 Å². The van der Waals surface area contributed by atoms with E-state index in [9.17, 15) is 18.0 Å². The van der Waals surface area contributed by atoms with Crippen molar-refractivity contribution in [1.82, 2.24) is 0 Å². The third kappa shape index (κ3) is 3.37. The molecule has 4 nitrogen and oxygen atoms in total. The number of aryl methyl sites for hydroxylation is 1. The molecule has 0 radical (unpaired) electrons. The Kier molecular flexibility index (Phi) is 4.63. The number of halogens is 3. The Morgan fingerprint density at radius 2 is 1.88 bits per heavy atom. The molecule has 136 valence electrons. The first-order valence-corrected chi connectivity index (χ1v) is 7.70. The average molecular weight is 364 g/mol. The number of hydrogen-bond acceptors (Lipinski definition) is 4. The summed E-state index contributed by atoms with van der Waals surface area (Å²) in [5, 5.41) is 0.673. The highest BCUT2D eigenvalue weighted by Gasteiger charge is 2.33. The minimum Gasteiger partial charge on any atom is -0.497 e. The highest BCUT2D eigenvalue weighted by atomic mass is 19.4. The molecule has 3 aromatic rings. The first-order valence-electron chi connectivity index (χ1n) is 7.70. The number of esters is 1. The van der Waals surface area contributed by atoms with Gasteiger partial charge in [-0.2, -0.15) is 13.2 Å². The molecule has 2 aromatic carbocycles. The lowest BCUT2D eigenvalue weighted by Crippen LogP contribution is -2.12. The van der Waals surface area contributed by atoms with Crippen molar-refractivity contribution in [2.75, 3.05) is 7.11 Å². The van der Waals surface area contributed by atoms with Gasteiger partial charge in [-0.15, -0.1) is 0 Å². The maximum absolute atomic E-state index is 13.0. The zero-order valence-corrected chi connectivity index (χ0v) is 14.0. The molecule has 0 saturated heterocycles. The zero-order chi connectivity index (χ0) is 18.9. The van der Waals surface area contributed by atoms with Crippen molar-refractivity contribution in [2.45, 2.75) is 19.7 Å². The monoisotopic (exact) mass is 364 g/mol. The number of methoxy groups -OCH3 is 1. The minimum atomic E-state index is -4.52. The number of benzene rings is 2. The van der Waals surface area contributed by atoms with Crippen LogP contribution < -0.4 is 4.74 Å². The topological polar surface area (TPSA) is 48.7 Å². The van der Waals surface area contributed by atoms with Gasteiger partial charge in [0.1, 0.15) is 17.9 Å². The fourth-order valence-corrected chi connectivity index (χ4v) is 2.65. The van der Waals surface area contributed by atoms with Gasteiger partial charge >= 0.3 is 12.1 Å². The Hall–Kier alpha value is -2.96. The summed E-state index contributed by atoms with van der Waals surface area (Å²) in [7, 11) is 1.52. The Balaban J connectivity index is 1.84. The lowest BCUT2D eigenvalue weighted by Gasteiger charge is -2.12. The van der Waals surface area contributed by atoms with Gasteiger partial charge in [0.2, 0.25) is 5.76 Å². The van der Waals surface area contributed by atoms with Gasteiger partial charge in [0.05, 0.1) is 12.7 Å². The van der Waals surface area contributed by atoms with Crippen LogP contribution in [0, 0.1) is 6.92 Å². The van der Waals surface area contributed by atoms with E-state index < -0.39 is 24.3 Å². The molecule has 0 N–H and O–H groups in total. The number of carbonyl (C=O) groups excluding carboxylic acids is 1. The molecule has 3 rings (SSSR count). The summed E-state index contributed by atoms with van der Waals surface area (Å²) < 4.78 is 54.7. The van der Waals surface area contributed by atoms with Crippen molar-refractivity contribution in [3.63, 3.8) is 0 Å². The van der Waals surface area contributed by atoms with Crippen molar-refractivity contribution in [3.05, 3.63) is 64.9 Å². The fraction of sp³-hybridized carbons (Fsp3) is 0.211. The summed E-state index contributed by atoms with van der Waals surface area (Å²) >= 11 is 0. The summed E-state index contributed by atoms with van der Waals surface area (Å²) in [5.41, 5.74) is 0.0431.